The Kier molecular flexibility index (Phi) is 5.05. The van der Waals surface area contributed by atoms with E-state index in [2.05, 4.69) is 4.72 Å². The molecule has 1 aromatic rings. The van der Waals surface area contributed by atoms with E-state index in [0.29, 0.717) is 4.88 Å². The van der Waals surface area contributed by atoms with Crippen LogP contribution in [0.2, 0.25) is 0 Å². The minimum atomic E-state index is -3.44. The average molecular weight is 292 g/mol. The molecule has 0 amide bonds. The Hall–Kier alpha value is -0.500. The molecule has 1 heterocycles. The first-order valence-corrected chi connectivity index (χ1v) is 8.03. The lowest BCUT2D eigenvalue weighted by Gasteiger charge is -2.13. The Labute approximate surface area is 111 Å². The number of rotatable bonds is 6. The van der Waals surface area contributed by atoms with Crippen LogP contribution in [0.3, 0.4) is 0 Å². The van der Waals surface area contributed by atoms with Crippen LogP contribution in [0.5, 0.6) is 0 Å². The van der Waals surface area contributed by atoms with Crippen molar-refractivity contribution in [3.63, 3.8) is 0 Å². The molecule has 0 unspecified atom stereocenters. The van der Waals surface area contributed by atoms with E-state index in [0.717, 1.165) is 24.2 Å². The third-order valence-electron chi connectivity index (χ3n) is 2.40. The Morgan fingerprint density at radius 1 is 1.47 bits per heavy atom. The monoisotopic (exact) mass is 292 g/mol. The number of hydrogen-bond donors (Lipinski definition) is 2. The van der Waals surface area contributed by atoms with Crippen molar-refractivity contribution in [2.24, 2.45) is 5.73 Å². The quantitative estimate of drug-likeness (QED) is 0.785. The van der Waals surface area contributed by atoms with E-state index >= 15 is 0 Å². The van der Waals surface area contributed by atoms with Gasteiger partial charge in [-0.1, -0.05) is 26.1 Å². The fourth-order valence-electron chi connectivity index (χ4n) is 1.33. The first kappa shape index (κ1) is 14.6. The number of nitrogens with two attached hydrogens (primary N) is 1. The van der Waals surface area contributed by atoms with Gasteiger partial charge in [-0.3, -0.25) is 0 Å². The van der Waals surface area contributed by atoms with Crippen LogP contribution >= 0.6 is 23.6 Å². The van der Waals surface area contributed by atoms with Crippen LogP contribution in [0.15, 0.2) is 16.3 Å². The molecule has 17 heavy (non-hydrogen) atoms. The molecule has 0 atom stereocenters. The molecule has 0 saturated carbocycles. The van der Waals surface area contributed by atoms with Gasteiger partial charge in [-0.25, -0.2) is 13.1 Å². The zero-order chi connectivity index (χ0) is 13.1. The first-order valence-electron chi connectivity index (χ1n) is 5.32. The topological polar surface area (TPSA) is 72.2 Å². The Morgan fingerprint density at radius 2 is 2.06 bits per heavy atom. The smallest absolute Gasteiger partial charge is 0.250 e. The summed E-state index contributed by atoms with van der Waals surface area (Å²) in [5, 5.41) is 0. The van der Waals surface area contributed by atoms with Crippen LogP contribution in [0.25, 0.3) is 0 Å². The normalized spacial score (nSPS) is 11.9. The third-order valence-corrected chi connectivity index (χ3v) is 5.88. The molecule has 0 bridgehead atoms. The molecule has 0 aliphatic carbocycles. The van der Waals surface area contributed by atoms with Crippen LogP contribution < -0.4 is 10.5 Å². The van der Waals surface area contributed by atoms with Crippen molar-refractivity contribution < 1.29 is 8.42 Å². The molecule has 1 aromatic heterocycles. The summed E-state index contributed by atoms with van der Waals surface area (Å²) in [7, 11) is -3.44. The van der Waals surface area contributed by atoms with Crippen LogP contribution in [0, 0.1) is 0 Å². The summed E-state index contributed by atoms with van der Waals surface area (Å²) in [5.41, 5.74) is 5.45. The molecule has 4 nitrogen and oxygen atoms in total. The van der Waals surface area contributed by atoms with E-state index in [1.165, 1.54) is 6.07 Å². The molecule has 0 aliphatic heterocycles. The highest BCUT2D eigenvalue weighted by Gasteiger charge is 2.20. The van der Waals surface area contributed by atoms with Crippen LogP contribution in [0.4, 0.5) is 0 Å². The predicted molar refractivity (Wildman–Crippen MR) is 74.9 cm³/mol. The van der Waals surface area contributed by atoms with Crippen molar-refractivity contribution in [3.8, 4) is 0 Å². The highest BCUT2D eigenvalue weighted by Crippen LogP contribution is 2.22. The molecule has 0 aliphatic rings. The lowest BCUT2D eigenvalue weighted by Crippen LogP contribution is -2.33. The van der Waals surface area contributed by atoms with Crippen molar-refractivity contribution in [2.45, 2.75) is 36.9 Å². The van der Waals surface area contributed by atoms with Crippen LogP contribution in [-0.4, -0.2) is 19.4 Å². The maximum absolute atomic E-state index is 12.0. The number of thiophene rings is 1. The SMILES string of the molecule is CCC(CC)NS(=O)(=O)c1ccc(C(N)=S)s1. The number of nitrogens with one attached hydrogen (secondary N) is 1. The summed E-state index contributed by atoms with van der Waals surface area (Å²) in [5.74, 6) is 0. The van der Waals surface area contributed by atoms with Gasteiger partial charge in [-0.2, -0.15) is 0 Å². The highest BCUT2D eigenvalue weighted by molar-refractivity contribution is 7.91. The molecule has 0 spiro atoms. The van der Waals surface area contributed by atoms with Gasteiger partial charge >= 0.3 is 0 Å². The molecule has 0 saturated heterocycles. The fraction of sp³-hybridized carbons (Fsp3) is 0.500. The van der Waals surface area contributed by atoms with Gasteiger partial charge in [0.25, 0.3) is 0 Å². The van der Waals surface area contributed by atoms with Crippen LogP contribution in [-0.2, 0) is 10.0 Å². The summed E-state index contributed by atoms with van der Waals surface area (Å²) < 4.78 is 26.9. The van der Waals surface area contributed by atoms with Gasteiger partial charge in [0.15, 0.2) is 0 Å². The maximum Gasteiger partial charge on any atom is 0.250 e. The number of thiocarbonyl (C=S) groups is 1. The minimum absolute atomic E-state index is 0.0321. The largest absolute Gasteiger partial charge is 0.389 e. The summed E-state index contributed by atoms with van der Waals surface area (Å²) in [6, 6.07) is 3.13. The van der Waals surface area contributed by atoms with Crippen molar-refractivity contribution in [3.05, 3.63) is 17.0 Å². The first-order chi connectivity index (χ1) is 7.90. The van der Waals surface area contributed by atoms with Gasteiger partial charge in [-0.05, 0) is 25.0 Å². The average Bonchev–Trinajstić information content (AvgIpc) is 2.75. The van der Waals surface area contributed by atoms with Crippen molar-refractivity contribution in [2.75, 3.05) is 0 Å². The molecule has 7 heteroatoms. The second kappa shape index (κ2) is 5.90. The van der Waals surface area contributed by atoms with Gasteiger partial charge < -0.3 is 5.73 Å². The molecule has 0 radical (unpaired) electrons. The standard InChI is InChI=1S/C10H16N2O2S3/c1-3-7(4-2)12-17(13,14)9-6-5-8(16-9)10(11)15/h5-7,12H,3-4H2,1-2H3,(H2,11,15). The fourth-order valence-corrected chi connectivity index (χ4v) is 4.10. The number of hydrogen-bond acceptors (Lipinski definition) is 4. The Bertz CT molecular complexity index is 489. The predicted octanol–water partition coefficient (Wildman–Crippen LogP) is 1.85. The van der Waals surface area contributed by atoms with E-state index in [4.69, 9.17) is 18.0 Å². The minimum Gasteiger partial charge on any atom is -0.389 e. The van der Waals surface area contributed by atoms with Crippen LogP contribution in [0.1, 0.15) is 31.6 Å². The zero-order valence-corrected chi connectivity index (χ0v) is 12.2. The summed E-state index contributed by atoms with van der Waals surface area (Å²) >= 11 is 5.90. The molecular formula is C10H16N2O2S3. The third kappa shape index (κ3) is 3.74. The maximum atomic E-state index is 12.0. The van der Waals surface area contributed by atoms with Gasteiger partial charge in [0.2, 0.25) is 10.0 Å². The lowest BCUT2D eigenvalue weighted by molar-refractivity contribution is 0.531. The van der Waals surface area contributed by atoms with Gasteiger partial charge in [0.05, 0.1) is 4.88 Å². The van der Waals surface area contributed by atoms with E-state index in [9.17, 15) is 8.42 Å². The lowest BCUT2D eigenvalue weighted by atomic mass is 10.2. The van der Waals surface area contributed by atoms with Crippen molar-refractivity contribution >= 4 is 38.6 Å². The highest BCUT2D eigenvalue weighted by atomic mass is 32.2. The Balaban J connectivity index is 2.93. The zero-order valence-electron chi connectivity index (χ0n) is 9.76. The Morgan fingerprint density at radius 3 is 2.47 bits per heavy atom. The molecule has 0 aromatic carbocycles. The summed E-state index contributed by atoms with van der Waals surface area (Å²) in [6.07, 6.45) is 1.53. The van der Waals surface area contributed by atoms with E-state index in [1.807, 2.05) is 13.8 Å². The summed E-state index contributed by atoms with van der Waals surface area (Å²) in [6.45, 7) is 3.90. The van der Waals surface area contributed by atoms with Gasteiger partial charge in [0.1, 0.15) is 9.20 Å². The van der Waals surface area contributed by atoms with Gasteiger partial charge in [-0.15, -0.1) is 11.3 Å². The number of sulfonamides is 1. The molecule has 1 rings (SSSR count). The molecule has 0 fully saturated rings. The summed E-state index contributed by atoms with van der Waals surface area (Å²) in [4.78, 5) is 0.837. The second-order valence-electron chi connectivity index (χ2n) is 3.62. The molecular weight excluding hydrogens is 276 g/mol. The van der Waals surface area contributed by atoms with E-state index in [-0.39, 0.29) is 15.2 Å². The van der Waals surface area contributed by atoms with E-state index in [1.54, 1.807) is 6.07 Å². The van der Waals surface area contributed by atoms with Crippen molar-refractivity contribution in [1.29, 1.82) is 0 Å². The van der Waals surface area contributed by atoms with E-state index < -0.39 is 10.0 Å². The second-order valence-corrected chi connectivity index (χ2v) is 7.08. The molecule has 96 valence electrons. The molecule has 3 N–H and O–H groups in total. The van der Waals surface area contributed by atoms with Gasteiger partial charge in [0, 0.05) is 6.04 Å². The van der Waals surface area contributed by atoms with Crippen molar-refractivity contribution in [1.82, 2.24) is 4.72 Å².